The first kappa shape index (κ1) is 16.8. The zero-order valence-electron chi connectivity index (χ0n) is 11.6. The van der Waals surface area contributed by atoms with E-state index in [1.54, 1.807) is 15.2 Å². The van der Waals surface area contributed by atoms with Gasteiger partial charge in [0.05, 0.1) is 28.8 Å². The maximum absolute atomic E-state index is 11.8. The lowest BCUT2D eigenvalue weighted by atomic mass is 10.1. The molecule has 1 aromatic rings. The molecular formula is C13H15Cl2IN4O. The number of nitrogens with one attached hydrogen (secondary N) is 1. The lowest BCUT2D eigenvalue weighted by Crippen LogP contribution is -2.38. The molecule has 21 heavy (non-hydrogen) atoms. The Morgan fingerprint density at radius 1 is 1.52 bits per heavy atom. The molecule has 0 bridgehead atoms. The molecular weight excluding hydrogens is 426 g/mol. The van der Waals surface area contributed by atoms with Gasteiger partial charge in [0.15, 0.2) is 0 Å². The van der Waals surface area contributed by atoms with E-state index >= 15 is 0 Å². The van der Waals surface area contributed by atoms with Crippen molar-refractivity contribution in [1.82, 2.24) is 8.43 Å². The fraction of sp³-hybridized carbons (Fsp3) is 0.385. The topological polar surface area (TPSA) is 47.9 Å². The van der Waals surface area contributed by atoms with E-state index in [4.69, 9.17) is 23.2 Å². The van der Waals surface area contributed by atoms with Crippen molar-refractivity contribution >= 4 is 63.5 Å². The van der Waals surface area contributed by atoms with Crippen LogP contribution in [0.3, 0.4) is 0 Å². The second-order valence-corrected chi connectivity index (χ2v) is 7.34. The van der Waals surface area contributed by atoms with Crippen LogP contribution in [0.4, 0.5) is 5.69 Å². The van der Waals surface area contributed by atoms with Gasteiger partial charge in [-0.05, 0) is 25.2 Å². The summed E-state index contributed by atoms with van der Waals surface area (Å²) in [6, 6.07) is 5.36. The van der Waals surface area contributed by atoms with Crippen LogP contribution in [0.5, 0.6) is 0 Å². The highest BCUT2D eigenvalue weighted by Crippen LogP contribution is 2.29. The van der Waals surface area contributed by atoms with Crippen molar-refractivity contribution in [3.63, 3.8) is 0 Å². The summed E-state index contributed by atoms with van der Waals surface area (Å²) in [6.07, 6.45) is 0. The molecule has 1 aromatic carbocycles. The van der Waals surface area contributed by atoms with E-state index in [9.17, 15) is 4.79 Å². The van der Waals surface area contributed by atoms with E-state index in [0.29, 0.717) is 29.0 Å². The maximum atomic E-state index is 11.8. The summed E-state index contributed by atoms with van der Waals surface area (Å²) in [4.78, 5) is 11.8. The Kier molecular flexibility index (Phi) is 5.70. The van der Waals surface area contributed by atoms with Gasteiger partial charge in [0.1, 0.15) is 5.84 Å². The molecule has 5 nitrogen and oxygen atoms in total. The van der Waals surface area contributed by atoms with Crippen LogP contribution < -0.4 is 10.3 Å². The molecule has 8 heteroatoms. The van der Waals surface area contributed by atoms with Gasteiger partial charge < -0.3 is 5.32 Å². The average molecular weight is 441 g/mol. The molecule has 1 aliphatic rings. The van der Waals surface area contributed by atoms with Crippen LogP contribution in [-0.2, 0) is 4.79 Å². The van der Waals surface area contributed by atoms with Crippen LogP contribution in [0.1, 0.15) is 6.92 Å². The summed E-state index contributed by atoms with van der Waals surface area (Å²) in [5.41, 5.74) is 0.853. The van der Waals surface area contributed by atoms with E-state index in [1.807, 2.05) is 25.0 Å². The van der Waals surface area contributed by atoms with Gasteiger partial charge in [-0.3, -0.25) is 9.80 Å². The highest BCUT2D eigenvalue weighted by atomic mass is 127. The summed E-state index contributed by atoms with van der Waals surface area (Å²) < 4.78 is 1.78. The van der Waals surface area contributed by atoms with Crippen LogP contribution in [0.15, 0.2) is 23.3 Å². The van der Waals surface area contributed by atoms with Crippen LogP contribution in [0, 0.1) is 5.92 Å². The highest BCUT2D eigenvalue weighted by Gasteiger charge is 2.25. The number of rotatable bonds is 3. The van der Waals surface area contributed by atoms with Gasteiger partial charge in [0.25, 0.3) is 0 Å². The number of nitrogens with zero attached hydrogens (tertiary/aromatic N) is 3. The molecule has 0 saturated heterocycles. The molecule has 1 amide bonds. The van der Waals surface area contributed by atoms with Crippen molar-refractivity contribution in [2.24, 2.45) is 11.0 Å². The third kappa shape index (κ3) is 4.45. The minimum absolute atomic E-state index is 0.0755. The molecule has 1 atom stereocenters. The SMILES string of the molecule is CC1CN(c2ccc(Cl)c(Cl)c2)N=C1NC(=O)CN(C)I. The second kappa shape index (κ2) is 7.13. The molecule has 1 heterocycles. The number of benzene rings is 1. The maximum Gasteiger partial charge on any atom is 0.240 e. The van der Waals surface area contributed by atoms with Gasteiger partial charge in [-0.25, -0.2) is 3.11 Å². The molecule has 0 saturated carbocycles. The zero-order chi connectivity index (χ0) is 15.6. The van der Waals surface area contributed by atoms with Crippen molar-refractivity contribution in [1.29, 1.82) is 0 Å². The molecule has 1 aliphatic heterocycles. The molecule has 114 valence electrons. The Balaban J connectivity index is 2.10. The van der Waals surface area contributed by atoms with Gasteiger partial charge >= 0.3 is 0 Å². The van der Waals surface area contributed by atoms with E-state index < -0.39 is 0 Å². The fourth-order valence-electron chi connectivity index (χ4n) is 1.95. The standard InChI is InChI=1S/C13H15Cl2IN4O/c1-8-6-20(9-3-4-10(14)11(15)5-9)18-13(8)17-12(21)7-19(2)16/h3-5,8H,6-7H2,1-2H3,(H,17,18,21). The number of likely N-dealkylation sites (N-methyl/N-ethyl adjacent to an activating group) is 1. The van der Waals surface area contributed by atoms with E-state index in [2.05, 4.69) is 33.3 Å². The van der Waals surface area contributed by atoms with Crippen LogP contribution in [-0.4, -0.2) is 35.0 Å². The summed E-state index contributed by atoms with van der Waals surface area (Å²) in [5.74, 6) is 0.737. The normalized spacial score (nSPS) is 18.1. The smallest absolute Gasteiger partial charge is 0.240 e. The van der Waals surface area contributed by atoms with Crippen molar-refractivity contribution < 1.29 is 4.79 Å². The van der Waals surface area contributed by atoms with Gasteiger partial charge in [-0.1, -0.05) is 30.1 Å². The Labute approximate surface area is 147 Å². The van der Waals surface area contributed by atoms with Gasteiger partial charge in [0, 0.05) is 28.8 Å². The lowest BCUT2D eigenvalue weighted by Gasteiger charge is -2.14. The zero-order valence-corrected chi connectivity index (χ0v) is 15.3. The van der Waals surface area contributed by atoms with Crippen LogP contribution in [0.25, 0.3) is 0 Å². The van der Waals surface area contributed by atoms with Crippen molar-refractivity contribution in [2.45, 2.75) is 6.92 Å². The van der Waals surface area contributed by atoms with Gasteiger partial charge in [-0.15, -0.1) is 0 Å². The van der Waals surface area contributed by atoms with Crippen molar-refractivity contribution in [3.05, 3.63) is 28.2 Å². The fourth-order valence-corrected chi connectivity index (χ4v) is 2.55. The highest BCUT2D eigenvalue weighted by molar-refractivity contribution is 14.1. The summed E-state index contributed by atoms with van der Waals surface area (Å²) in [5, 5.41) is 10.1. The predicted octanol–water partition coefficient (Wildman–Crippen LogP) is 3.16. The first-order valence-corrected chi connectivity index (χ1v) is 8.06. The Hall–Kier alpha value is -0.570. The molecule has 0 aliphatic carbocycles. The number of hydrogen-bond acceptors (Lipinski definition) is 4. The molecule has 0 radical (unpaired) electrons. The number of hydrogen-bond donors (Lipinski definition) is 1. The molecule has 0 spiro atoms. The number of hydrazone groups is 1. The first-order valence-electron chi connectivity index (χ1n) is 6.34. The largest absolute Gasteiger partial charge is 0.311 e. The number of halogens is 3. The lowest BCUT2D eigenvalue weighted by molar-refractivity contribution is -0.119. The average Bonchev–Trinajstić information content (AvgIpc) is 2.73. The number of amidine groups is 1. The number of amides is 1. The summed E-state index contributed by atoms with van der Waals surface area (Å²) >= 11 is 14.0. The number of anilines is 1. The first-order chi connectivity index (χ1) is 9.86. The Bertz CT molecular complexity index is 579. The van der Waals surface area contributed by atoms with Crippen LogP contribution >= 0.6 is 46.1 Å². The monoisotopic (exact) mass is 440 g/mol. The minimum Gasteiger partial charge on any atom is -0.311 e. The van der Waals surface area contributed by atoms with Gasteiger partial charge in [-0.2, -0.15) is 5.10 Å². The third-order valence-corrected chi connectivity index (χ3v) is 4.05. The number of carbonyl (C=O) groups excluding carboxylic acids is 1. The third-order valence-electron chi connectivity index (χ3n) is 2.97. The summed E-state index contributed by atoms with van der Waals surface area (Å²) in [6.45, 7) is 3.02. The summed E-state index contributed by atoms with van der Waals surface area (Å²) in [7, 11) is 1.84. The Morgan fingerprint density at radius 2 is 2.24 bits per heavy atom. The minimum atomic E-state index is -0.0755. The van der Waals surface area contributed by atoms with E-state index in [1.165, 1.54) is 0 Å². The van der Waals surface area contributed by atoms with E-state index in [0.717, 1.165) is 5.69 Å². The van der Waals surface area contributed by atoms with Crippen molar-refractivity contribution in [3.8, 4) is 0 Å². The molecule has 2 rings (SSSR count). The van der Waals surface area contributed by atoms with E-state index in [-0.39, 0.29) is 11.8 Å². The van der Waals surface area contributed by atoms with Gasteiger partial charge in [0.2, 0.25) is 5.91 Å². The van der Waals surface area contributed by atoms with Crippen molar-refractivity contribution in [2.75, 3.05) is 25.1 Å². The molecule has 0 aromatic heterocycles. The second-order valence-electron chi connectivity index (χ2n) is 4.88. The predicted molar refractivity (Wildman–Crippen MR) is 95.2 cm³/mol. The molecule has 1 N–H and O–H groups in total. The number of carbonyl (C=O) groups is 1. The Morgan fingerprint density at radius 3 is 2.86 bits per heavy atom. The molecule has 0 fully saturated rings. The molecule has 1 unspecified atom stereocenters. The quantitative estimate of drug-likeness (QED) is 0.580. The van der Waals surface area contributed by atoms with Crippen LogP contribution in [0.2, 0.25) is 10.0 Å².